The Morgan fingerprint density at radius 2 is 1.85 bits per heavy atom. The van der Waals surface area contributed by atoms with Gasteiger partial charge in [0.05, 0.1) is 0 Å². The molecule has 26 heavy (non-hydrogen) atoms. The third-order valence-electron chi connectivity index (χ3n) is 5.50. The number of likely N-dealkylation sites (tertiary alicyclic amines) is 2. The van der Waals surface area contributed by atoms with E-state index in [2.05, 4.69) is 10.00 Å². The van der Waals surface area contributed by atoms with E-state index in [-0.39, 0.29) is 17.6 Å². The van der Waals surface area contributed by atoms with Crippen LogP contribution in [-0.2, 0) is 13.2 Å². The summed E-state index contributed by atoms with van der Waals surface area (Å²) in [5, 5.41) is 3.83. The van der Waals surface area contributed by atoms with Crippen molar-refractivity contribution in [3.8, 4) is 0 Å². The number of nitrogens with zero attached hydrogens (tertiary/aromatic N) is 4. The molecule has 0 N–H and O–H groups in total. The van der Waals surface area contributed by atoms with Crippen molar-refractivity contribution in [2.24, 2.45) is 7.05 Å². The second kappa shape index (κ2) is 7.98. The molecule has 0 aromatic carbocycles. The second-order valence-electron chi connectivity index (χ2n) is 7.38. The van der Waals surface area contributed by atoms with Gasteiger partial charge in [0.25, 0.3) is 5.91 Å². The van der Waals surface area contributed by atoms with Crippen LogP contribution in [0.25, 0.3) is 0 Å². The first-order chi connectivity index (χ1) is 12.4. The maximum Gasteiger partial charge on any atom is 0.433 e. The molecule has 0 saturated carbocycles. The number of aromatic nitrogens is 2. The Bertz CT molecular complexity index is 622. The summed E-state index contributed by atoms with van der Waals surface area (Å²) in [4.78, 5) is 17.0. The van der Waals surface area contributed by atoms with Gasteiger partial charge in [0.15, 0.2) is 5.69 Å². The quantitative estimate of drug-likeness (QED) is 0.814. The van der Waals surface area contributed by atoms with Crippen LogP contribution in [0.2, 0.25) is 0 Å². The van der Waals surface area contributed by atoms with Crippen LogP contribution in [0.15, 0.2) is 6.07 Å². The third-order valence-corrected chi connectivity index (χ3v) is 5.50. The number of hydrogen-bond donors (Lipinski definition) is 0. The Labute approximate surface area is 152 Å². The molecule has 1 aromatic heterocycles. The van der Waals surface area contributed by atoms with Crippen molar-refractivity contribution in [3.63, 3.8) is 0 Å². The number of hydrogen-bond acceptors (Lipinski definition) is 3. The van der Waals surface area contributed by atoms with Crippen molar-refractivity contribution in [1.29, 1.82) is 0 Å². The number of piperidine rings is 2. The molecular weight excluding hydrogens is 345 g/mol. The standard InChI is InChI=1S/C18H27F3N4O/c1-23-16(18(19,20)21)13-15(22-23)17(26)25-11-6-3-7-14(25)8-12-24-9-4-2-5-10-24/h13-14H,2-12H2,1H3. The third kappa shape index (κ3) is 4.39. The molecule has 0 radical (unpaired) electrons. The SMILES string of the molecule is Cn1nc(C(=O)N2CCCCC2CCN2CCCCC2)cc1C(F)(F)F. The predicted octanol–water partition coefficient (Wildman–Crippen LogP) is 3.31. The highest BCUT2D eigenvalue weighted by Crippen LogP contribution is 2.30. The highest BCUT2D eigenvalue weighted by Gasteiger charge is 2.37. The molecule has 3 rings (SSSR count). The molecular formula is C18H27F3N4O. The lowest BCUT2D eigenvalue weighted by atomic mass is 9.98. The normalized spacial score (nSPS) is 22.6. The summed E-state index contributed by atoms with van der Waals surface area (Å²) in [6, 6.07) is 0.966. The fraction of sp³-hybridized carbons (Fsp3) is 0.778. The van der Waals surface area contributed by atoms with Crippen LogP contribution < -0.4 is 0 Å². The second-order valence-corrected chi connectivity index (χ2v) is 7.38. The molecule has 0 aliphatic carbocycles. The van der Waals surface area contributed by atoms with Crippen LogP contribution in [0.3, 0.4) is 0 Å². The van der Waals surface area contributed by atoms with Gasteiger partial charge in [0.1, 0.15) is 5.69 Å². The zero-order valence-corrected chi connectivity index (χ0v) is 15.3. The maximum absolute atomic E-state index is 13.0. The van der Waals surface area contributed by atoms with Crippen molar-refractivity contribution >= 4 is 5.91 Å². The van der Waals surface area contributed by atoms with E-state index in [0.29, 0.717) is 6.54 Å². The van der Waals surface area contributed by atoms with Gasteiger partial charge in [-0.25, -0.2) is 0 Å². The Hall–Kier alpha value is -1.57. The van der Waals surface area contributed by atoms with E-state index < -0.39 is 11.9 Å². The molecule has 2 aliphatic heterocycles. The number of alkyl halides is 3. The summed E-state index contributed by atoms with van der Waals surface area (Å²) in [5.41, 5.74) is -0.993. The van der Waals surface area contributed by atoms with E-state index in [9.17, 15) is 18.0 Å². The molecule has 3 heterocycles. The van der Waals surface area contributed by atoms with E-state index in [1.165, 1.54) is 26.3 Å². The molecule has 1 atom stereocenters. The maximum atomic E-state index is 13.0. The summed E-state index contributed by atoms with van der Waals surface area (Å²) < 4.78 is 39.7. The van der Waals surface area contributed by atoms with Gasteiger partial charge >= 0.3 is 6.18 Å². The van der Waals surface area contributed by atoms with E-state index in [1.807, 2.05) is 0 Å². The number of halogens is 3. The van der Waals surface area contributed by atoms with Crippen LogP contribution >= 0.6 is 0 Å². The summed E-state index contributed by atoms with van der Waals surface area (Å²) in [6.45, 7) is 3.76. The van der Waals surface area contributed by atoms with Gasteiger partial charge in [-0.15, -0.1) is 0 Å². The minimum atomic E-state index is -4.50. The van der Waals surface area contributed by atoms with Gasteiger partial charge in [0.2, 0.25) is 0 Å². The molecule has 2 aliphatic rings. The smallest absolute Gasteiger partial charge is 0.334 e. The summed E-state index contributed by atoms with van der Waals surface area (Å²) in [5.74, 6) is -0.376. The Balaban J connectivity index is 1.67. The Morgan fingerprint density at radius 3 is 2.50 bits per heavy atom. The first kappa shape index (κ1) is 19.2. The van der Waals surface area contributed by atoms with Crippen molar-refractivity contribution in [2.75, 3.05) is 26.2 Å². The van der Waals surface area contributed by atoms with Crippen molar-refractivity contribution < 1.29 is 18.0 Å². The summed E-state index contributed by atoms with van der Waals surface area (Å²) in [6.07, 6.45) is 2.98. The van der Waals surface area contributed by atoms with Crippen LogP contribution in [0, 0.1) is 0 Å². The fourth-order valence-electron chi connectivity index (χ4n) is 4.07. The number of rotatable bonds is 4. The van der Waals surface area contributed by atoms with Crippen molar-refractivity contribution in [2.45, 2.75) is 57.2 Å². The van der Waals surface area contributed by atoms with E-state index in [4.69, 9.17) is 0 Å². The highest BCUT2D eigenvalue weighted by molar-refractivity contribution is 5.92. The van der Waals surface area contributed by atoms with Gasteiger partial charge < -0.3 is 9.80 Å². The van der Waals surface area contributed by atoms with E-state index >= 15 is 0 Å². The van der Waals surface area contributed by atoms with Crippen LogP contribution in [0.1, 0.15) is 61.1 Å². The van der Waals surface area contributed by atoms with Crippen LogP contribution in [-0.4, -0.2) is 57.7 Å². The average Bonchev–Trinajstić information content (AvgIpc) is 3.03. The molecule has 1 amide bonds. The molecule has 2 fully saturated rings. The average molecular weight is 372 g/mol. The van der Waals surface area contributed by atoms with Crippen LogP contribution in [0.5, 0.6) is 0 Å². The molecule has 5 nitrogen and oxygen atoms in total. The fourth-order valence-corrected chi connectivity index (χ4v) is 4.07. The van der Waals surface area contributed by atoms with E-state index in [0.717, 1.165) is 56.1 Å². The molecule has 0 spiro atoms. The Morgan fingerprint density at radius 1 is 1.15 bits per heavy atom. The molecule has 1 aromatic rings. The lowest BCUT2D eigenvalue weighted by Crippen LogP contribution is -2.45. The highest BCUT2D eigenvalue weighted by atomic mass is 19.4. The minimum absolute atomic E-state index is 0.0921. The lowest BCUT2D eigenvalue weighted by Gasteiger charge is -2.37. The molecule has 8 heteroatoms. The van der Waals surface area contributed by atoms with Crippen LogP contribution in [0.4, 0.5) is 13.2 Å². The number of amides is 1. The first-order valence-electron chi connectivity index (χ1n) is 9.51. The van der Waals surface area contributed by atoms with Gasteiger partial charge in [-0.3, -0.25) is 9.48 Å². The predicted molar refractivity (Wildman–Crippen MR) is 91.8 cm³/mol. The number of carbonyl (C=O) groups is 1. The monoisotopic (exact) mass is 372 g/mol. The topological polar surface area (TPSA) is 41.4 Å². The van der Waals surface area contributed by atoms with Gasteiger partial charge in [-0.2, -0.15) is 18.3 Å². The largest absolute Gasteiger partial charge is 0.433 e. The molecule has 2 saturated heterocycles. The van der Waals surface area contributed by atoms with Gasteiger partial charge in [-0.05, 0) is 51.6 Å². The van der Waals surface area contributed by atoms with Gasteiger partial charge in [-0.1, -0.05) is 6.42 Å². The minimum Gasteiger partial charge on any atom is -0.334 e. The number of aryl methyl sites for hydroxylation is 1. The zero-order valence-electron chi connectivity index (χ0n) is 15.3. The van der Waals surface area contributed by atoms with E-state index in [1.54, 1.807) is 4.90 Å². The van der Waals surface area contributed by atoms with Crippen molar-refractivity contribution in [3.05, 3.63) is 17.5 Å². The van der Waals surface area contributed by atoms with Crippen molar-refractivity contribution in [1.82, 2.24) is 19.6 Å². The first-order valence-corrected chi connectivity index (χ1v) is 9.51. The Kier molecular flexibility index (Phi) is 5.89. The van der Waals surface area contributed by atoms with Gasteiger partial charge in [0, 0.05) is 32.2 Å². The molecule has 146 valence electrons. The lowest BCUT2D eigenvalue weighted by molar-refractivity contribution is -0.143. The summed E-state index contributed by atoms with van der Waals surface area (Å²) >= 11 is 0. The number of carbonyl (C=O) groups excluding carboxylic acids is 1. The molecule has 0 bridgehead atoms. The zero-order chi connectivity index (χ0) is 18.7. The summed E-state index contributed by atoms with van der Waals surface area (Å²) in [7, 11) is 1.23. The molecule has 1 unspecified atom stereocenters.